The van der Waals surface area contributed by atoms with Crippen LogP contribution in [0.3, 0.4) is 0 Å². The second-order valence-corrected chi connectivity index (χ2v) is 5.42. The van der Waals surface area contributed by atoms with Crippen LogP contribution in [0.4, 0.5) is 10.1 Å². The van der Waals surface area contributed by atoms with Gasteiger partial charge in [-0.2, -0.15) is 0 Å². The predicted octanol–water partition coefficient (Wildman–Crippen LogP) is 3.02. The third-order valence-electron chi connectivity index (χ3n) is 3.41. The molecule has 0 aromatic heterocycles. The first-order valence-corrected chi connectivity index (χ1v) is 7.38. The molecule has 1 saturated heterocycles. The van der Waals surface area contributed by atoms with Crippen LogP contribution < -0.4 is 10.6 Å². The molecular formula is C15H21FN2OS. The number of benzene rings is 1. The van der Waals surface area contributed by atoms with Crippen molar-refractivity contribution in [3.05, 3.63) is 34.5 Å². The van der Waals surface area contributed by atoms with E-state index in [2.05, 4.69) is 19.6 Å². The van der Waals surface area contributed by atoms with Crippen LogP contribution in [0.25, 0.3) is 5.70 Å². The largest absolute Gasteiger partial charge is 0.398 e. The minimum absolute atomic E-state index is 0.245. The fourth-order valence-electron chi connectivity index (χ4n) is 2.27. The summed E-state index contributed by atoms with van der Waals surface area (Å²) in [5, 5.41) is 0. The van der Waals surface area contributed by atoms with Gasteiger partial charge in [0, 0.05) is 29.3 Å². The first-order valence-electron chi connectivity index (χ1n) is 6.93. The van der Waals surface area contributed by atoms with Crippen molar-refractivity contribution in [3.8, 4) is 0 Å². The Morgan fingerprint density at radius 1 is 1.40 bits per heavy atom. The molecule has 1 aliphatic heterocycles. The Hall–Kier alpha value is -1.20. The number of rotatable bonds is 4. The molecule has 0 unspecified atom stereocenters. The number of morpholine rings is 1. The smallest absolute Gasteiger partial charge is 0.147 e. The van der Waals surface area contributed by atoms with Crippen molar-refractivity contribution in [2.24, 2.45) is 5.73 Å². The summed E-state index contributed by atoms with van der Waals surface area (Å²) in [4.78, 5) is 2.81. The van der Waals surface area contributed by atoms with Gasteiger partial charge in [0.25, 0.3) is 0 Å². The highest BCUT2D eigenvalue weighted by atomic mass is 32.1. The predicted molar refractivity (Wildman–Crippen MR) is 84.4 cm³/mol. The van der Waals surface area contributed by atoms with Crippen molar-refractivity contribution < 1.29 is 9.13 Å². The number of thiol groups is 1. The van der Waals surface area contributed by atoms with Crippen molar-refractivity contribution in [3.63, 3.8) is 0 Å². The number of halogens is 1. The van der Waals surface area contributed by atoms with Gasteiger partial charge in [-0.05, 0) is 18.6 Å². The van der Waals surface area contributed by atoms with Crippen molar-refractivity contribution in [1.29, 1.82) is 0 Å². The molecule has 3 nitrogen and oxygen atoms in total. The highest BCUT2D eigenvalue weighted by molar-refractivity contribution is 7.84. The van der Waals surface area contributed by atoms with Crippen molar-refractivity contribution >= 4 is 24.0 Å². The van der Waals surface area contributed by atoms with Gasteiger partial charge < -0.3 is 15.4 Å². The SMILES string of the molecule is CCC/C(S)=C(/N)c1ccc(N2CCOCC2)c(F)c1. The average Bonchev–Trinajstić information content (AvgIpc) is 2.47. The molecule has 110 valence electrons. The zero-order valence-corrected chi connectivity index (χ0v) is 12.6. The minimum Gasteiger partial charge on any atom is -0.398 e. The second kappa shape index (κ2) is 6.99. The highest BCUT2D eigenvalue weighted by Crippen LogP contribution is 2.26. The molecule has 0 saturated carbocycles. The molecule has 0 bridgehead atoms. The summed E-state index contributed by atoms with van der Waals surface area (Å²) >= 11 is 4.38. The van der Waals surface area contributed by atoms with Crippen LogP contribution in [0.1, 0.15) is 25.3 Å². The standard InChI is InChI=1S/C15H21FN2OS/c1-2-3-14(20)15(17)11-4-5-13(12(16)10-11)18-6-8-19-9-7-18/h4-5,10,20H,2-3,6-9,17H2,1H3/b15-14-. The molecule has 2 N–H and O–H groups in total. The molecule has 20 heavy (non-hydrogen) atoms. The van der Waals surface area contributed by atoms with Crippen LogP contribution in [0.5, 0.6) is 0 Å². The molecule has 0 atom stereocenters. The van der Waals surface area contributed by atoms with E-state index in [1.807, 2.05) is 11.0 Å². The third kappa shape index (κ3) is 3.46. The van der Waals surface area contributed by atoms with Crippen molar-refractivity contribution in [1.82, 2.24) is 0 Å². The summed E-state index contributed by atoms with van der Waals surface area (Å²) in [7, 11) is 0. The van der Waals surface area contributed by atoms with Gasteiger partial charge in [-0.25, -0.2) is 4.39 Å². The topological polar surface area (TPSA) is 38.5 Å². The second-order valence-electron chi connectivity index (χ2n) is 4.88. The number of nitrogens with two attached hydrogens (primary N) is 1. The molecule has 0 aliphatic carbocycles. The zero-order chi connectivity index (χ0) is 14.5. The molecule has 1 aromatic rings. The summed E-state index contributed by atoms with van der Waals surface area (Å²) < 4.78 is 19.5. The lowest BCUT2D eigenvalue weighted by Crippen LogP contribution is -2.36. The van der Waals surface area contributed by atoms with Gasteiger partial charge in [0.05, 0.1) is 18.9 Å². The first-order chi connectivity index (χ1) is 9.63. The van der Waals surface area contributed by atoms with Crippen LogP contribution in [-0.4, -0.2) is 26.3 Å². The Bertz CT molecular complexity index is 499. The zero-order valence-electron chi connectivity index (χ0n) is 11.7. The number of allylic oxidation sites excluding steroid dienone is 1. The van der Waals surface area contributed by atoms with E-state index in [0.29, 0.717) is 30.2 Å². The Kier molecular flexibility index (Phi) is 5.31. The maximum atomic E-state index is 14.3. The lowest BCUT2D eigenvalue weighted by molar-refractivity contribution is 0.122. The Morgan fingerprint density at radius 2 is 2.10 bits per heavy atom. The Morgan fingerprint density at radius 3 is 2.70 bits per heavy atom. The van der Waals surface area contributed by atoms with Crippen LogP contribution in [0, 0.1) is 5.82 Å². The summed E-state index contributed by atoms with van der Waals surface area (Å²) in [6.07, 6.45) is 1.77. The molecule has 0 radical (unpaired) electrons. The summed E-state index contributed by atoms with van der Waals surface area (Å²) in [6.45, 7) is 4.77. The van der Waals surface area contributed by atoms with Crippen molar-refractivity contribution in [2.45, 2.75) is 19.8 Å². The van der Waals surface area contributed by atoms with Gasteiger partial charge in [0.2, 0.25) is 0 Å². The van der Waals surface area contributed by atoms with Crippen LogP contribution >= 0.6 is 12.6 Å². The van der Waals surface area contributed by atoms with E-state index >= 15 is 0 Å². The van der Waals surface area contributed by atoms with Gasteiger partial charge >= 0.3 is 0 Å². The molecule has 1 fully saturated rings. The average molecular weight is 296 g/mol. The summed E-state index contributed by atoms with van der Waals surface area (Å²) in [5.41, 5.74) is 7.89. The molecule has 1 aromatic carbocycles. The van der Waals surface area contributed by atoms with Gasteiger partial charge in [-0.1, -0.05) is 19.4 Å². The lowest BCUT2D eigenvalue weighted by Gasteiger charge is -2.29. The van der Waals surface area contributed by atoms with E-state index in [9.17, 15) is 4.39 Å². The van der Waals surface area contributed by atoms with Gasteiger partial charge in [-0.15, -0.1) is 12.6 Å². The monoisotopic (exact) mass is 296 g/mol. The number of anilines is 1. The molecule has 0 amide bonds. The molecular weight excluding hydrogens is 275 g/mol. The minimum atomic E-state index is -0.245. The molecule has 5 heteroatoms. The fourth-order valence-corrected chi connectivity index (χ4v) is 2.63. The van der Waals surface area contributed by atoms with E-state index in [1.54, 1.807) is 6.07 Å². The molecule has 0 spiro atoms. The van der Waals surface area contributed by atoms with Gasteiger partial charge in [0.15, 0.2) is 0 Å². The quantitative estimate of drug-likeness (QED) is 0.839. The number of hydrogen-bond donors (Lipinski definition) is 2. The van der Waals surface area contributed by atoms with E-state index in [4.69, 9.17) is 10.5 Å². The number of ether oxygens (including phenoxy) is 1. The summed E-state index contributed by atoms with van der Waals surface area (Å²) in [5.74, 6) is -0.245. The molecule has 1 heterocycles. The molecule has 2 rings (SSSR count). The van der Waals surface area contributed by atoms with Crippen LogP contribution in [0.2, 0.25) is 0 Å². The summed E-state index contributed by atoms with van der Waals surface area (Å²) in [6, 6.07) is 5.14. The first kappa shape index (κ1) is 15.2. The van der Waals surface area contributed by atoms with E-state index in [1.165, 1.54) is 6.07 Å². The number of nitrogens with zero attached hydrogens (tertiary/aromatic N) is 1. The maximum Gasteiger partial charge on any atom is 0.147 e. The highest BCUT2D eigenvalue weighted by Gasteiger charge is 2.16. The van der Waals surface area contributed by atoms with Crippen LogP contribution in [0.15, 0.2) is 23.1 Å². The Labute approximate surface area is 125 Å². The normalized spacial score (nSPS) is 17.1. The van der Waals surface area contributed by atoms with Crippen molar-refractivity contribution in [2.75, 3.05) is 31.2 Å². The third-order valence-corrected chi connectivity index (χ3v) is 3.87. The maximum absolute atomic E-state index is 14.3. The number of hydrogen-bond acceptors (Lipinski definition) is 4. The van der Waals surface area contributed by atoms with E-state index in [0.717, 1.165) is 30.8 Å². The van der Waals surface area contributed by atoms with Gasteiger partial charge in [-0.3, -0.25) is 0 Å². The Balaban J connectivity index is 2.23. The molecule has 1 aliphatic rings. The van der Waals surface area contributed by atoms with Crippen LogP contribution in [-0.2, 0) is 4.74 Å². The van der Waals surface area contributed by atoms with Gasteiger partial charge in [0.1, 0.15) is 5.82 Å². The lowest BCUT2D eigenvalue weighted by atomic mass is 10.1. The van der Waals surface area contributed by atoms with E-state index < -0.39 is 0 Å². The fraction of sp³-hybridized carbons (Fsp3) is 0.467. The van der Waals surface area contributed by atoms with E-state index in [-0.39, 0.29) is 5.82 Å².